The van der Waals surface area contributed by atoms with Gasteiger partial charge in [-0.1, -0.05) is 48.5 Å². The summed E-state index contributed by atoms with van der Waals surface area (Å²) < 4.78 is 135. The van der Waals surface area contributed by atoms with Crippen LogP contribution in [0, 0.1) is 6.07 Å². The average Bonchev–Trinajstić information content (AvgIpc) is 3.34. The minimum Gasteiger partial charge on any atom is -0.518 e. The van der Waals surface area contributed by atoms with Crippen LogP contribution in [0.15, 0.2) is 77.2 Å². The van der Waals surface area contributed by atoms with Gasteiger partial charge in [-0.05, 0) is 34.4 Å². The van der Waals surface area contributed by atoms with Gasteiger partial charge in [0.25, 0.3) is 0 Å². The van der Waals surface area contributed by atoms with Crippen molar-refractivity contribution in [3.8, 4) is 23.1 Å². The summed E-state index contributed by atoms with van der Waals surface area (Å²) in [6.45, 7) is 0. The molecule has 0 spiro atoms. The number of benzene rings is 4. The molecular formula is C29H12F9IrN2O2-. The second-order valence-corrected chi connectivity index (χ2v) is 9.11. The molecule has 1 radical (unpaired) electrons. The van der Waals surface area contributed by atoms with Crippen LogP contribution in [-0.4, -0.2) is 10.2 Å². The van der Waals surface area contributed by atoms with E-state index in [-0.39, 0.29) is 54.5 Å². The Morgan fingerprint density at radius 3 is 1.86 bits per heavy atom. The number of rotatable bonds is 3. The molecule has 0 atom stereocenters. The van der Waals surface area contributed by atoms with Crippen LogP contribution in [0.2, 0.25) is 0 Å². The van der Waals surface area contributed by atoms with Gasteiger partial charge in [0, 0.05) is 31.1 Å². The maximum Gasteiger partial charge on any atom is 0.420 e. The summed E-state index contributed by atoms with van der Waals surface area (Å²) in [4.78, 5) is 0. The zero-order chi connectivity index (χ0) is 30.0. The van der Waals surface area contributed by atoms with E-state index in [4.69, 9.17) is 9.15 Å². The molecule has 0 bridgehead atoms. The van der Waals surface area contributed by atoms with Crippen molar-refractivity contribution in [1.29, 1.82) is 0 Å². The van der Waals surface area contributed by atoms with Crippen LogP contribution in [0.5, 0.6) is 11.6 Å². The molecule has 0 saturated heterocycles. The van der Waals surface area contributed by atoms with Crippen LogP contribution in [0.3, 0.4) is 0 Å². The molecular weight excluding hydrogens is 772 g/mol. The van der Waals surface area contributed by atoms with Gasteiger partial charge in [-0.2, -0.15) is 44.6 Å². The van der Waals surface area contributed by atoms with Crippen LogP contribution in [-0.2, 0) is 38.6 Å². The van der Waals surface area contributed by atoms with E-state index >= 15 is 0 Å². The SMILES string of the molecule is FC(F)(F)c1ccc(Oc2nnc(-c3[c-]c4ccccc4o3)c3cc4ccccc4cc23)c(C(F)(F)F)c1C(F)(F)F.[Ir]. The smallest absolute Gasteiger partial charge is 0.420 e. The monoisotopic (exact) mass is 784 g/mol. The van der Waals surface area contributed by atoms with E-state index in [1.807, 2.05) is 0 Å². The van der Waals surface area contributed by atoms with Crippen molar-refractivity contribution in [1.82, 2.24) is 10.2 Å². The molecule has 0 N–H and O–H groups in total. The zero-order valence-electron chi connectivity index (χ0n) is 20.9. The quantitative estimate of drug-likeness (QED) is 0.102. The Morgan fingerprint density at radius 1 is 0.651 bits per heavy atom. The van der Waals surface area contributed by atoms with E-state index in [9.17, 15) is 39.5 Å². The molecule has 0 fully saturated rings. The molecule has 4 nitrogen and oxygen atoms in total. The first-order valence-corrected chi connectivity index (χ1v) is 11.9. The zero-order valence-corrected chi connectivity index (χ0v) is 23.3. The van der Waals surface area contributed by atoms with E-state index in [0.717, 1.165) is 0 Å². The molecule has 223 valence electrons. The predicted octanol–water partition coefficient (Wildman–Crippen LogP) is 9.84. The van der Waals surface area contributed by atoms with Gasteiger partial charge < -0.3 is 9.15 Å². The molecule has 2 aromatic heterocycles. The first-order valence-electron chi connectivity index (χ1n) is 11.9. The third kappa shape index (κ3) is 5.52. The van der Waals surface area contributed by atoms with E-state index in [2.05, 4.69) is 16.3 Å². The van der Waals surface area contributed by atoms with E-state index in [0.29, 0.717) is 21.7 Å². The van der Waals surface area contributed by atoms with E-state index in [1.165, 1.54) is 6.07 Å². The van der Waals surface area contributed by atoms with Gasteiger partial charge in [0.05, 0.1) is 22.6 Å². The number of furan rings is 1. The Hall–Kier alpha value is -4.16. The number of hydrogen-bond acceptors (Lipinski definition) is 4. The van der Waals surface area contributed by atoms with Gasteiger partial charge in [-0.25, -0.2) is 0 Å². The summed E-state index contributed by atoms with van der Waals surface area (Å²) in [5.41, 5.74) is -7.53. The van der Waals surface area contributed by atoms with E-state index in [1.54, 1.807) is 54.6 Å². The molecule has 0 aliphatic rings. The molecule has 2 heterocycles. The predicted molar refractivity (Wildman–Crippen MR) is 133 cm³/mol. The third-order valence-corrected chi connectivity index (χ3v) is 6.42. The fourth-order valence-corrected chi connectivity index (χ4v) is 4.67. The van der Waals surface area contributed by atoms with Gasteiger partial charge in [0.2, 0.25) is 5.88 Å². The molecule has 0 aliphatic carbocycles. The number of alkyl halides is 9. The standard InChI is InChI=1S/C29H12F9N2O2.Ir/c30-27(31,32)19-9-10-21(24(29(36,37)38)23(19)28(33,34)35)42-26-18-12-15-6-2-1-5-14(15)11-17(18)25(39-40-26)22-13-16-7-3-4-8-20(16)41-22;/h1-12H;/q-1;. The molecule has 0 unspecified atom stereocenters. The second kappa shape index (κ2) is 10.5. The number of hydrogen-bond donors (Lipinski definition) is 0. The van der Waals surface area contributed by atoms with Crippen molar-refractivity contribution in [2.45, 2.75) is 18.5 Å². The molecule has 6 rings (SSSR count). The van der Waals surface area contributed by atoms with Gasteiger partial charge >= 0.3 is 18.5 Å². The number of nitrogens with zero attached hydrogens (tertiary/aromatic N) is 2. The van der Waals surface area contributed by atoms with Crippen molar-refractivity contribution in [2.24, 2.45) is 0 Å². The van der Waals surface area contributed by atoms with Crippen LogP contribution >= 0.6 is 0 Å². The fourth-order valence-electron chi connectivity index (χ4n) is 4.67. The summed E-state index contributed by atoms with van der Waals surface area (Å²) in [5, 5.41) is 9.87. The Balaban J connectivity index is 0.00000368. The Bertz CT molecular complexity index is 1960. The van der Waals surface area contributed by atoms with Crippen LogP contribution in [0.1, 0.15) is 16.7 Å². The summed E-state index contributed by atoms with van der Waals surface area (Å²) >= 11 is 0. The first kappa shape index (κ1) is 30.3. The third-order valence-electron chi connectivity index (χ3n) is 6.42. The second-order valence-electron chi connectivity index (χ2n) is 9.11. The van der Waals surface area contributed by atoms with Crippen molar-refractivity contribution >= 4 is 32.5 Å². The van der Waals surface area contributed by atoms with Crippen molar-refractivity contribution < 1.29 is 68.8 Å². The number of fused-ring (bicyclic) bond motifs is 3. The molecule has 43 heavy (non-hydrogen) atoms. The number of ether oxygens (including phenoxy) is 1. The average molecular weight is 784 g/mol. The van der Waals surface area contributed by atoms with Gasteiger partial charge in [0.1, 0.15) is 11.3 Å². The van der Waals surface area contributed by atoms with E-state index < -0.39 is 46.8 Å². The van der Waals surface area contributed by atoms with Crippen LogP contribution in [0.25, 0.3) is 44.0 Å². The maximum atomic E-state index is 14.0. The molecule has 0 amide bonds. The minimum atomic E-state index is -6.03. The molecule has 14 heteroatoms. The maximum absolute atomic E-state index is 14.0. The summed E-state index contributed by atoms with van der Waals surface area (Å²) in [6, 6.07) is 19.8. The topological polar surface area (TPSA) is 48.2 Å². The Morgan fingerprint density at radius 2 is 1.26 bits per heavy atom. The minimum absolute atomic E-state index is 0. The van der Waals surface area contributed by atoms with Gasteiger partial charge in [0.15, 0.2) is 0 Å². The van der Waals surface area contributed by atoms with Crippen molar-refractivity contribution in [3.63, 3.8) is 0 Å². The molecule has 6 aromatic rings. The molecule has 0 saturated carbocycles. The fraction of sp³-hybridized carbons (Fsp3) is 0.103. The Labute approximate surface area is 248 Å². The summed E-state index contributed by atoms with van der Waals surface area (Å²) in [6.07, 6.45) is -17.7. The number of para-hydroxylation sites is 1. The molecule has 4 aromatic carbocycles. The van der Waals surface area contributed by atoms with Gasteiger partial charge in [-0.3, -0.25) is 0 Å². The number of aromatic nitrogens is 2. The normalized spacial score (nSPS) is 12.6. The Kier molecular flexibility index (Phi) is 7.42. The van der Waals surface area contributed by atoms with Crippen LogP contribution < -0.4 is 4.74 Å². The van der Waals surface area contributed by atoms with Gasteiger partial charge in [-0.15, -0.1) is 22.6 Å². The summed E-state index contributed by atoms with van der Waals surface area (Å²) in [5.74, 6) is -2.09. The number of halogens is 9. The largest absolute Gasteiger partial charge is 0.518 e. The van der Waals surface area contributed by atoms with Crippen molar-refractivity contribution in [2.75, 3.05) is 0 Å². The first-order chi connectivity index (χ1) is 19.7. The van der Waals surface area contributed by atoms with Crippen molar-refractivity contribution in [3.05, 3.63) is 95.6 Å². The summed E-state index contributed by atoms with van der Waals surface area (Å²) in [7, 11) is 0. The molecule has 0 aliphatic heterocycles. The van der Waals surface area contributed by atoms with Crippen LogP contribution in [0.4, 0.5) is 39.5 Å².